The lowest BCUT2D eigenvalue weighted by Gasteiger charge is -2.59. The first-order valence-corrected chi connectivity index (χ1v) is 19.1. The first-order chi connectivity index (χ1) is 13.7. The molecule has 4 aliphatic carbocycles. The van der Waals surface area contributed by atoms with Crippen LogP contribution in [-0.2, 0) is 13.6 Å². The third kappa shape index (κ3) is 3.97. The fourth-order valence-corrected chi connectivity index (χ4v) is 9.82. The molecule has 3 fully saturated rings. The number of hydrogen-bond acceptors (Lipinski definition) is 3. The highest BCUT2D eigenvalue weighted by molar-refractivity contribution is 6.70. The Morgan fingerprint density at radius 3 is 2.20 bits per heavy atom. The first kappa shape index (κ1) is 22.9. The number of allylic oxidation sites excluding steroid dienone is 1. The Hall–Kier alpha value is -0.236. The van der Waals surface area contributed by atoms with Gasteiger partial charge in [-0.25, -0.2) is 0 Å². The average molecular weight is 449 g/mol. The second kappa shape index (κ2) is 7.39. The van der Waals surface area contributed by atoms with Gasteiger partial charge in [-0.3, -0.25) is 4.79 Å². The zero-order valence-corrected chi connectivity index (χ0v) is 22.6. The van der Waals surface area contributed by atoms with Crippen molar-refractivity contribution in [3.63, 3.8) is 0 Å². The predicted molar refractivity (Wildman–Crippen MR) is 129 cm³/mol. The van der Waals surface area contributed by atoms with E-state index >= 15 is 0 Å². The van der Waals surface area contributed by atoms with E-state index in [-0.39, 0.29) is 16.9 Å². The Morgan fingerprint density at radius 1 is 0.900 bits per heavy atom. The van der Waals surface area contributed by atoms with Crippen molar-refractivity contribution in [3.05, 3.63) is 11.6 Å². The Kier molecular flexibility index (Phi) is 5.65. The highest BCUT2D eigenvalue weighted by atomic mass is 28.4. The second-order valence-corrected chi connectivity index (χ2v) is 22.1. The van der Waals surface area contributed by atoms with Gasteiger partial charge in [-0.05, 0) is 100.0 Å². The molecule has 0 aromatic carbocycles. The fraction of sp³-hybridized carbons (Fsp3) is 0.880. The van der Waals surface area contributed by atoms with E-state index in [1.807, 2.05) is 0 Å². The van der Waals surface area contributed by atoms with Gasteiger partial charge in [0.25, 0.3) is 0 Å². The summed E-state index contributed by atoms with van der Waals surface area (Å²) >= 11 is 0. The van der Waals surface area contributed by atoms with Crippen LogP contribution in [0.25, 0.3) is 0 Å². The molecule has 30 heavy (non-hydrogen) atoms. The third-order valence-corrected chi connectivity index (χ3v) is 10.8. The Labute approximate surface area is 186 Å². The van der Waals surface area contributed by atoms with E-state index in [2.05, 4.69) is 59.2 Å². The van der Waals surface area contributed by atoms with Crippen molar-refractivity contribution in [1.29, 1.82) is 0 Å². The molecule has 0 amide bonds. The topological polar surface area (TPSA) is 35.5 Å². The maximum absolute atomic E-state index is 12.3. The number of Topliss-reactive ketones (excluding diaryl/α,β-unsaturated/α-hetero) is 1. The predicted octanol–water partition coefficient (Wildman–Crippen LogP) is 6.57. The molecule has 0 saturated heterocycles. The van der Waals surface area contributed by atoms with Crippen molar-refractivity contribution in [2.75, 3.05) is 0 Å². The number of rotatable bonds is 4. The Morgan fingerprint density at radius 2 is 1.57 bits per heavy atom. The van der Waals surface area contributed by atoms with Gasteiger partial charge in [-0.2, -0.15) is 0 Å². The zero-order valence-electron chi connectivity index (χ0n) is 20.6. The summed E-state index contributed by atoms with van der Waals surface area (Å²) in [6, 6.07) is 0. The van der Waals surface area contributed by atoms with E-state index in [0.717, 1.165) is 12.8 Å². The number of ketones is 1. The van der Waals surface area contributed by atoms with E-state index in [1.54, 1.807) is 0 Å². The molecule has 0 radical (unpaired) electrons. The quantitative estimate of drug-likeness (QED) is 0.360. The van der Waals surface area contributed by atoms with Crippen molar-refractivity contribution >= 4 is 22.4 Å². The lowest BCUT2D eigenvalue weighted by atomic mass is 9.47. The molecule has 2 unspecified atom stereocenters. The molecule has 4 aliphatic rings. The van der Waals surface area contributed by atoms with Crippen molar-refractivity contribution in [3.8, 4) is 0 Å². The van der Waals surface area contributed by atoms with Crippen LogP contribution in [0.1, 0.15) is 58.8 Å². The van der Waals surface area contributed by atoms with Crippen LogP contribution in [-0.4, -0.2) is 34.6 Å². The summed E-state index contributed by atoms with van der Waals surface area (Å²) in [4.78, 5) is 12.3. The molecule has 170 valence electrons. The van der Waals surface area contributed by atoms with Crippen LogP contribution >= 0.6 is 0 Å². The molecule has 0 N–H and O–H groups in total. The molecule has 0 aliphatic heterocycles. The SMILES string of the molecule is C[C@]12CCC(=O)CC1=CC(O[Si](C)(C)C)[C@@H]1[C@H]2CC[C@]2(C)C(O[Si](C)(C)C)CC[C@@H]12. The number of carbonyl (C=O) groups excluding carboxylic acids is 1. The Bertz CT molecular complexity index is 734. The summed E-state index contributed by atoms with van der Waals surface area (Å²) in [6.07, 6.45) is 10.5. The van der Waals surface area contributed by atoms with Gasteiger partial charge in [0.05, 0.1) is 12.2 Å². The molecule has 7 atom stereocenters. The zero-order chi connectivity index (χ0) is 22.1. The van der Waals surface area contributed by atoms with E-state index in [0.29, 0.717) is 36.1 Å². The highest BCUT2D eigenvalue weighted by Gasteiger charge is 2.61. The maximum atomic E-state index is 12.3. The average Bonchev–Trinajstić information content (AvgIpc) is 2.90. The van der Waals surface area contributed by atoms with Crippen molar-refractivity contribution < 1.29 is 13.6 Å². The maximum Gasteiger partial charge on any atom is 0.184 e. The first-order valence-electron chi connectivity index (χ1n) is 12.3. The van der Waals surface area contributed by atoms with Crippen molar-refractivity contribution in [1.82, 2.24) is 0 Å². The van der Waals surface area contributed by atoms with Gasteiger partial charge in [0.15, 0.2) is 16.6 Å². The molecule has 0 bridgehead atoms. The molecular weight excluding hydrogens is 404 g/mol. The van der Waals surface area contributed by atoms with Gasteiger partial charge in [0.1, 0.15) is 5.78 Å². The van der Waals surface area contributed by atoms with Gasteiger partial charge in [0, 0.05) is 12.8 Å². The summed E-state index contributed by atoms with van der Waals surface area (Å²) in [5.74, 6) is 2.32. The number of hydrogen-bond donors (Lipinski definition) is 0. The summed E-state index contributed by atoms with van der Waals surface area (Å²) in [5.41, 5.74) is 1.87. The van der Waals surface area contributed by atoms with Crippen molar-refractivity contribution in [2.45, 2.75) is 110 Å². The van der Waals surface area contributed by atoms with Gasteiger partial charge in [-0.15, -0.1) is 0 Å². The molecule has 4 rings (SSSR count). The molecule has 5 heteroatoms. The smallest absolute Gasteiger partial charge is 0.184 e. The van der Waals surface area contributed by atoms with Gasteiger partial charge in [-0.1, -0.05) is 25.5 Å². The number of fused-ring (bicyclic) bond motifs is 5. The molecule has 3 nitrogen and oxygen atoms in total. The summed E-state index contributed by atoms with van der Waals surface area (Å²) in [5, 5.41) is 0. The van der Waals surface area contributed by atoms with Gasteiger partial charge >= 0.3 is 0 Å². The van der Waals surface area contributed by atoms with Gasteiger partial charge < -0.3 is 8.85 Å². The monoisotopic (exact) mass is 448 g/mol. The van der Waals surface area contributed by atoms with Crippen molar-refractivity contribution in [2.24, 2.45) is 28.6 Å². The lowest BCUT2D eigenvalue weighted by Crippen LogP contribution is -2.57. The van der Waals surface area contributed by atoms with E-state index in [1.165, 1.54) is 31.3 Å². The van der Waals surface area contributed by atoms with E-state index in [9.17, 15) is 4.79 Å². The molecule has 3 saturated carbocycles. The molecule has 0 heterocycles. The summed E-state index contributed by atoms with van der Waals surface area (Å²) in [7, 11) is -3.26. The van der Waals surface area contributed by atoms with Gasteiger partial charge in [0.2, 0.25) is 0 Å². The second-order valence-electron chi connectivity index (χ2n) is 13.2. The molecular formula is C25H44O3Si2. The molecule has 0 aromatic rings. The van der Waals surface area contributed by atoms with Crippen LogP contribution in [0.4, 0.5) is 0 Å². The lowest BCUT2D eigenvalue weighted by molar-refractivity contribution is -0.125. The standard InChI is InChI=1S/C25H44O3Si2/c1-24-13-11-18(26)15-17(24)16-21(27-29(3,4)5)23-19-9-10-22(28-30(6,7)8)25(19,2)14-12-20(23)24/h16,19-23H,9-15H2,1-8H3/t19-,20+,21?,22?,23-,24-,25-/m0/s1. The minimum Gasteiger partial charge on any atom is -0.414 e. The summed E-state index contributed by atoms with van der Waals surface area (Å²) in [6.45, 7) is 19.0. The van der Waals surface area contributed by atoms with Crippen LogP contribution in [0.2, 0.25) is 39.3 Å². The Balaban J connectivity index is 1.72. The number of carbonyl (C=O) groups is 1. The summed E-state index contributed by atoms with van der Waals surface area (Å²) < 4.78 is 13.7. The molecule has 0 spiro atoms. The highest BCUT2D eigenvalue weighted by Crippen LogP contribution is 2.65. The minimum absolute atomic E-state index is 0.186. The largest absolute Gasteiger partial charge is 0.414 e. The molecule has 0 aromatic heterocycles. The van der Waals surface area contributed by atoms with Crippen LogP contribution < -0.4 is 0 Å². The van der Waals surface area contributed by atoms with E-state index in [4.69, 9.17) is 8.85 Å². The third-order valence-electron chi connectivity index (χ3n) is 8.84. The minimum atomic E-state index is -1.70. The van der Waals surface area contributed by atoms with Crippen LogP contribution in [0.3, 0.4) is 0 Å². The van der Waals surface area contributed by atoms with Crippen LogP contribution in [0.15, 0.2) is 11.6 Å². The van der Waals surface area contributed by atoms with Crippen LogP contribution in [0, 0.1) is 28.6 Å². The fourth-order valence-electron chi connectivity index (χ4n) is 7.53. The van der Waals surface area contributed by atoms with E-state index < -0.39 is 16.6 Å². The normalized spacial score (nSPS) is 44.2. The van der Waals surface area contributed by atoms with Crippen LogP contribution in [0.5, 0.6) is 0 Å².